The van der Waals surface area contributed by atoms with Crippen LogP contribution in [0, 0.1) is 6.92 Å². The van der Waals surface area contributed by atoms with E-state index in [9.17, 15) is 8.42 Å². The lowest BCUT2D eigenvalue weighted by Gasteiger charge is -2.10. The minimum atomic E-state index is -3.58. The smallest absolute Gasteiger partial charge is 0.266 e. The van der Waals surface area contributed by atoms with Gasteiger partial charge in [-0.05, 0) is 42.5 Å². The molecular weight excluding hydrogens is 428 g/mol. The Morgan fingerprint density at radius 1 is 0.875 bits per heavy atom. The van der Waals surface area contributed by atoms with Crippen LogP contribution < -0.4 is 5.32 Å². The van der Waals surface area contributed by atoms with Crippen LogP contribution in [0.25, 0.3) is 22.5 Å². The molecule has 0 bridgehead atoms. The Morgan fingerprint density at radius 3 is 2.34 bits per heavy atom. The molecule has 0 spiro atoms. The van der Waals surface area contributed by atoms with Crippen LogP contribution in [0.3, 0.4) is 0 Å². The van der Waals surface area contributed by atoms with Gasteiger partial charge in [-0.1, -0.05) is 18.2 Å². The first-order valence-electron chi connectivity index (χ1n) is 9.59. The van der Waals surface area contributed by atoms with Crippen molar-refractivity contribution in [1.29, 1.82) is 0 Å². The molecule has 158 valence electrons. The minimum Gasteiger partial charge on any atom is -0.420 e. The summed E-state index contributed by atoms with van der Waals surface area (Å²) in [6, 6.07) is 16.6. The second-order valence-electron chi connectivity index (χ2n) is 6.90. The third-order valence-electron chi connectivity index (χ3n) is 4.75. The van der Waals surface area contributed by atoms with Gasteiger partial charge >= 0.3 is 0 Å². The van der Waals surface area contributed by atoms with Crippen LogP contribution in [-0.4, -0.2) is 33.6 Å². The number of anilines is 2. The molecule has 3 heterocycles. The standard InChI is InChI=1S/C22H16N6O3S/c1-14-27-28-22(31-14)19-11-18-20(12-23-19)24-13-25-21(18)26-15-7-9-17(10-8-15)32(29,30)16-5-3-2-4-6-16/h2-13H,1H3,(H,24,25,26). The van der Waals surface area contributed by atoms with E-state index in [1.165, 1.54) is 6.33 Å². The third kappa shape index (κ3) is 3.67. The molecule has 9 nitrogen and oxygen atoms in total. The molecule has 0 atom stereocenters. The monoisotopic (exact) mass is 444 g/mol. The summed E-state index contributed by atoms with van der Waals surface area (Å²) in [5.74, 6) is 1.28. The number of benzene rings is 2. The van der Waals surface area contributed by atoms with E-state index >= 15 is 0 Å². The normalized spacial score (nSPS) is 11.5. The van der Waals surface area contributed by atoms with Gasteiger partial charge in [-0.25, -0.2) is 23.4 Å². The van der Waals surface area contributed by atoms with Gasteiger partial charge in [0.05, 0.1) is 21.5 Å². The van der Waals surface area contributed by atoms with Crippen LogP contribution in [0.5, 0.6) is 0 Å². The summed E-state index contributed by atoms with van der Waals surface area (Å²) in [5, 5.41) is 11.7. The van der Waals surface area contributed by atoms with Gasteiger partial charge in [-0.3, -0.25) is 0 Å². The van der Waals surface area contributed by atoms with Gasteiger partial charge in [0.1, 0.15) is 17.8 Å². The predicted molar refractivity (Wildman–Crippen MR) is 117 cm³/mol. The van der Waals surface area contributed by atoms with E-state index in [0.29, 0.717) is 39.9 Å². The maximum atomic E-state index is 12.8. The quantitative estimate of drug-likeness (QED) is 0.429. The highest BCUT2D eigenvalue weighted by Gasteiger charge is 2.17. The number of sulfone groups is 1. The van der Waals surface area contributed by atoms with Crippen molar-refractivity contribution in [2.24, 2.45) is 0 Å². The van der Waals surface area contributed by atoms with Crippen molar-refractivity contribution in [2.75, 3.05) is 5.32 Å². The molecule has 0 saturated heterocycles. The fourth-order valence-corrected chi connectivity index (χ4v) is 4.45. The second-order valence-corrected chi connectivity index (χ2v) is 8.85. The summed E-state index contributed by atoms with van der Waals surface area (Å²) in [6.07, 6.45) is 3.03. The maximum Gasteiger partial charge on any atom is 0.266 e. The van der Waals surface area contributed by atoms with Gasteiger partial charge < -0.3 is 9.73 Å². The lowest BCUT2D eigenvalue weighted by atomic mass is 10.2. The molecule has 0 saturated carbocycles. The van der Waals surface area contributed by atoms with Crippen molar-refractivity contribution in [3.8, 4) is 11.6 Å². The Morgan fingerprint density at radius 2 is 1.62 bits per heavy atom. The van der Waals surface area contributed by atoms with Crippen LogP contribution in [-0.2, 0) is 9.84 Å². The van der Waals surface area contributed by atoms with Crippen LogP contribution >= 0.6 is 0 Å². The molecule has 0 aliphatic rings. The molecule has 0 fully saturated rings. The van der Waals surface area contributed by atoms with E-state index in [0.717, 1.165) is 0 Å². The predicted octanol–water partition coefficient (Wildman–Crippen LogP) is 3.96. The van der Waals surface area contributed by atoms with Crippen LogP contribution in [0.15, 0.2) is 87.4 Å². The van der Waals surface area contributed by atoms with Gasteiger partial charge in [0, 0.05) is 18.0 Å². The number of rotatable bonds is 5. The highest BCUT2D eigenvalue weighted by molar-refractivity contribution is 7.91. The van der Waals surface area contributed by atoms with Crippen LogP contribution in [0.2, 0.25) is 0 Å². The molecule has 1 N–H and O–H groups in total. The lowest BCUT2D eigenvalue weighted by Crippen LogP contribution is -2.02. The number of hydrogen-bond acceptors (Lipinski definition) is 9. The Hall–Kier alpha value is -4.18. The second kappa shape index (κ2) is 7.82. The zero-order chi connectivity index (χ0) is 22.1. The van der Waals surface area contributed by atoms with E-state index in [-0.39, 0.29) is 9.79 Å². The number of fused-ring (bicyclic) bond motifs is 1. The summed E-state index contributed by atoms with van der Waals surface area (Å²) in [5.41, 5.74) is 1.80. The minimum absolute atomic E-state index is 0.208. The fourth-order valence-electron chi connectivity index (χ4n) is 3.17. The number of aryl methyl sites for hydroxylation is 1. The SMILES string of the molecule is Cc1nnc(-c2cc3c(Nc4ccc(S(=O)(=O)c5ccccc5)cc4)ncnc3cn2)o1. The summed E-state index contributed by atoms with van der Waals surface area (Å²) in [6.45, 7) is 1.70. The molecule has 10 heteroatoms. The van der Waals surface area contributed by atoms with E-state index < -0.39 is 9.84 Å². The Balaban J connectivity index is 1.47. The summed E-state index contributed by atoms with van der Waals surface area (Å²) in [4.78, 5) is 13.4. The molecule has 0 amide bonds. The van der Waals surface area contributed by atoms with Crippen molar-refractivity contribution < 1.29 is 12.8 Å². The molecular formula is C22H16N6O3S. The highest BCUT2D eigenvalue weighted by Crippen LogP contribution is 2.28. The van der Waals surface area contributed by atoms with Crippen molar-refractivity contribution >= 4 is 32.2 Å². The molecule has 5 aromatic rings. The molecule has 0 radical (unpaired) electrons. The Labute approximate surface area is 183 Å². The zero-order valence-corrected chi connectivity index (χ0v) is 17.6. The molecule has 0 aliphatic carbocycles. The number of pyridine rings is 1. The van der Waals surface area contributed by atoms with Gasteiger partial charge in [-0.15, -0.1) is 10.2 Å². The van der Waals surface area contributed by atoms with Crippen molar-refractivity contribution in [2.45, 2.75) is 16.7 Å². The molecule has 0 aliphatic heterocycles. The third-order valence-corrected chi connectivity index (χ3v) is 6.53. The lowest BCUT2D eigenvalue weighted by molar-refractivity contribution is 0.531. The Bertz CT molecular complexity index is 1520. The summed E-state index contributed by atoms with van der Waals surface area (Å²) < 4.78 is 31.0. The number of hydrogen-bond donors (Lipinski definition) is 1. The zero-order valence-electron chi connectivity index (χ0n) is 16.8. The van der Waals surface area contributed by atoms with E-state index in [1.807, 2.05) is 0 Å². The molecule has 2 aromatic carbocycles. The van der Waals surface area contributed by atoms with E-state index in [1.54, 1.807) is 73.8 Å². The number of nitrogens with one attached hydrogen (secondary N) is 1. The first-order chi connectivity index (χ1) is 15.5. The van der Waals surface area contributed by atoms with Gasteiger partial charge in [-0.2, -0.15) is 0 Å². The van der Waals surface area contributed by atoms with Gasteiger partial charge in [0.15, 0.2) is 0 Å². The van der Waals surface area contributed by atoms with Gasteiger partial charge in [0.25, 0.3) is 5.89 Å². The number of nitrogens with zero attached hydrogens (tertiary/aromatic N) is 5. The first kappa shape index (κ1) is 19.8. The van der Waals surface area contributed by atoms with E-state index in [4.69, 9.17) is 4.42 Å². The average molecular weight is 444 g/mol. The van der Waals surface area contributed by atoms with Crippen molar-refractivity contribution in [3.05, 3.63) is 79.1 Å². The number of aromatic nitrogens is 5. The Kier molecular flexibility index (Phi) is 4.83. The van der Waals surface area contributed by atoms with Crippen molar-refractivity contribution in [3.63, 3.8) is 0 Å². The van der Waals surface area contributed by atoms with E-state index in [2.05, 4.69) is 30.5 Å². The molecule has 3 aromatic heterocycles. The highest BCUT2D eigenvalue weighted by atomic mass is 32.2. The fraction of sp³-hybridized carbons (Fsp3) is 0.0455. The van der Waals surface area contributed by atoms with Crippen LogP contribution in [0.4, 0.5) is 11.5 Å². The topological polar surface area (TPSA) is 124 Å². The summed E-state index contributed by atoms with van der Waals surface area (Å²) >= 11 is 0. The largest absolute Gasteiger partial charge is 0.420 e. The first-order valence-corrected chi connectivity index (χ1v) is 11.1. The maximum absolute atomic E-state index is 12.8. The average Bonchev–Trinajstić information content (AvgIpc) is 3.26. The molecule has 0 unspecified atom stereocenters. The molecule has 5 rings (SSSR count). The van der Waals surface area contributed by atoms with Crippen molar-refractivity contribution in [1.82, 2.24) is 25.1 Å². The van der Waals surface area contributed by atoms with Gasteiger partial charge in [0.2, 0.25) is 15.7 Å². The molecule has 32 heavy (non-hydrogen) atoms. The summed E-state index contributed by atoms with van der Waals surface area (Å²) in [7, 11) is -3.58. The van der Waals surface area contributed by atoms with Crippen LogP contribution in [0.1, 0.15) is 5.89 Å².